The Morgan fingerprint density at radius 3 is 2.89 bits per heavy atom. The average molecular weight is 263 g/mol. The molecular formula is C16H25NO2. The Labute approximate surface area is 116 Å². The van der Waals surface area contributed by atoms with E-state index in [1.807, 2.05) is 0 Å². The molecule has 0 amide bonds. The van der Waals surface area contributed by atoms with Crippen LogP contribution < -0.4 is 10.1 Å². The van der Waals surface area contributed by atoms with E-state index in [1.54, 1.807) is 0 Å². The summed E-state index contributed by atoms with van der Waals surface area (Å²) in [4.78, 5) is 0. The Balaban J connectivity index is 2.24. The summed E-state index contributed by atoms with van der Waals surface area (Å²) in [6.07, 6.45) is 2.10. The van der Waals surface area contributed by atoms with Crippen molar-refractivity contribution in [2.75, 3.05) is 13.2 Å². The van der Waals surface area contributed by atoms with Crippen molar-refractivity contribution in [1.29, 1.82) is 0 Å². The fourth-order valence-corrected chi connectivity index (χ4v) is 2.65. The molecule has 2 N–H and O–H groups in total. The van der Waals surface area contributed by atoms with Crippen LogP contribution in [0.1, 0.15) is 43.9 Å². The zero-order valence-electron chi connectivity index (χ0n) is 12.1. The molecule has 1 aromatic carbocycles. The first kappa shape index (κ1) is 14.4. The third-order valence-electron chi connectivity index (χ3n) is 3.92. The molecule has 0 saturated heterocycles. The van der Waals surface area contributed by atoms with E-state index in [1.165, 1.54) is 11.1 Å². The first-order valence-corrected chi connectivity index (χ1v) is 7.22. The van der Waals surface area contributed by atoms with Gasteiger partial charge in [0.05, 0.1) is 13.2 Å². The summed E-state index contributed by atoms with van der Waals surface area (Å²) in [5, 5.41) is 13.1. The number of hydrogen-bond acceptors (Lipinski definition) is 3. The first-order valence-electron chi connectivity index (χ1n) is 7.22. The highest BCUT2D eigenvalue weighted by Crippen LogP contribution is 2.34. The van der Waals surface area contributed by atoms with Crippen LogP contribution in [0.4, 0.5) is 0 Å². The maximum Gasteiger partial charge on any atom is 0.126 e. The number of aryl methyl sites for hydroxylation is 1. The number of aliphatic hydroxyl groups is 1. The lowest BCUT2D eigenvalue weighted by atomic mass is 9.96. The minimum Gasteiger partial charge on any atom is -0.493 e. The molecule has 0 bridgehead atoms. The molecule has 0 radical (unpaired) electrons. The standard InChI is InChI=1S/C16H25NO2/c1-11(2)15(10-18)17-14-8-5-9-19-16-12(3)6-4-7-13(14)16/h4,6-7,11,14-15,17-18H,5,8-10H2,1-3H3/t14?,15-/m1/s1. The van der Waals surface area contributed by atoms with Gasteiger partial charge in [0.2, 0.25) is 0 Å². The Morgan fingerprint density at radius 1 is 1.42 bits per heavy atom. The van der Waals surface area contributed by atoms with Crippen molar-refractivity contribution in [1.82, 2.24) is 5.32 Å². The van der Waals surface area contributed by atoms with E-state index >= 15 is 0 Å². The van der Waals surface area contributed by atoms with Crippen LogP contribution in [-0.4, -0.2) is 24.4 Å². The van der Waals surface area contributed by atoms with Gasteiger partial charge in [-0.25, -0.2) is 0 Å². The second-order valence-corrected chi connectivity index (χ2v) is 5.74. The van der Waals surface area contributed by atoms with E-state index in [0.29, 0.717) is 5.92 Å². The van der Waals surface area contributed by atoms with Gasteiger partial charge in [0.1, 0.15) is 5.75 Å². The van der Waals surface area contributed by atoms with Gasteiger partial charge in [0, 0.05) is 17.6 Å². The van der Waals surface area contributed by atoms with E-state index in [2.05, 4.69) is 44.3 Å². The van der Waals surface area contributed by atoms with Crippen LogP contribution in [0.5, 0.6) is 5.75 Å². The van der Waals surface area contributed by atoms with Crippen molar-refractivity contribution in [2.45, 2.75) is 45.7 Å². The van der Waals surface area contributed by atoms with Crippen molar-refractivity contribution < 1.29 is 9.84 Å². The minimum atomic E-state index is 0.136. The third-order valence-corrected chi connectivity index (χ3v) is 3.92. The van der Waals surface area contributed by atoms with Crippen LogP contribution in [0.3, 0.4) is 0 Å². The van der Waals surface area contributed by atoms with Gasteiger partial charge in [-0.05, 0) is 31.2 Å². The normalized spacial score (nSPS) is 20.6. The van der Waals surface area contributed by atoms with Crippen molar-refractivity contribution in [3.63, 3.8) is 0 Å². The highest BCUT2D eigenvalue weighted by Gasteiger charge is 2.24. The summed E-state index contributed by atoms with van der Waals surface area (Å²) in [5.41, 5.74) is 2.42. The molecule has 0 saturated carbocycles. The minimum absolute atomic E-state index is 0.136. The van der Waals surface area contributed by atoms with Gasteiger partial charge < -0.3 is 15.2 Å². The first-order chi connectivity index (χ1) is 9.13. The lowest BCUT2D eigenvalue weighted by Crippen LogP contribution is -2.39. The average Bonchev–Trinajstić information content (AvgIpc) is 2.59. The van der Waals surface area contributed by atoms with E-state index in [9.17, 15) is 5.11 Å². The van der Waals surface area contributed by atoms with Crippen molar-refractivity contribution in [3.05, 3.63) is 29.3 Å². The van der Waals surface area contributed by atoms with Crippen LogP contribution in [0, 0.1) is 12.8 Å². The number of hydrogen-bond donors (Lipinski definition) is 2. The molecule has 2 rings (SSSR count). The van der Waals surface area contributed by atoms with Crippen molar-refractivity contribution >= 4 is 0 Å². The Hall–Kier alpha value is -1.06. The van der Waals surface area contributed by atoms with Crippen molar-refractivity contribution in [2.24, 2.45) is 5.92 Å². The van der Waals surface area contributed by atoms with Gasteiger partial charge in [-0.2, -0.15) is 0 Å². The molecule has 0 aromatic heterocycles. The van der Waals surface area contributed by atoms with Gasteiger partial charge in [-0.15, -0.1) is 0 Å². The predicted molar refractivity (Wildman–Crippen MR) is 77.5 cm³/mol. The fraction of sp³-hybridized carbons (Fsp3) is 0.625. The zero-order valence-corrected chi connectivity index (χ0v) is 12.1. The quantitative estimate of drug-likeness (QED) is 0.877. The number of rotatable bonds is 4. The molecular weight excluding hydrogens is 238 g/mol. The number of nitrogens with one attached hydrogen (secondary N) is 1. The lowest BCUT2D eigenvalue weighted by molar-refractivity contribution is 0.196. The van der Waals surface area contributed by atoms with Crippen molar-refractivity contribution in [3.8, 4) is 5.75 Å². The van der Waals surface area contributed by atoms with Crippen LogP contribution >= 0.6 is 0 Å². The molecule has 1 aliphatic heterocycles. The molecule has 0 fully saturated rings. The number of aliphatic hydroxyl groups excluding tert-OH is 1. The molecule has 1 heterocycles. The molecule has 3 heteroatoms. The van der Waals surface area contributed by atoms with Gasteiger partial charge in [-0.1, -0.05) is 32.0 Å². The highest BCUT2D eigenvalue weighted by atomic mass is 16.5. The highest BCUT2D eigenvalue weighted by molar-refractivity contribution is 5.43. The summed E-state index contributed by atoms with van der Waals surface area (Å²) in [6.45, 7) is 7.32. The summed E-state index contributed by atoms with van der Waals surface area (Å²) in [6, 6.07) is 6.72. The van der Waals surface area contributed by atoms with Gasteiger partial charge in [0.15, 0.2) is 0 Å². The summed E-state index contributed by atoms with van der Waals surface area (Å²) in [5.74, 6) is 1.44. The maximum absolute atomic E-state index is 9.51. The van der Waals surface area contributed by atoms with Gasteiger partial charge >= 0.3 is 0 Å². The van der Waals surface area contributed by atoms with Crippen LogP contribution in [0.15, 0.2) is 18.2 Å². The largest absolute Gasteiger partial charge is 0.493 e. The SMILES string of the molecule is Cc1cccc2c1OCCCC2N[C@H](CO)C(C)C. The zero-order chi connectivity index (χ0) is 13.8. The monoisotopic (exact) mass is 263 g/mol. The predicted octanol–water partition coefficient (Wildman–Crippen LogP) is 2.82. The number of para-hydroxylation sites is 1. The molecule has 3 nitrogen and oxygen atoms in total. The van der Waals surface area contributed by atoms with Crippen LogP contribution in [0.25, 0.3) is 0 Å². The lowest BCUT2D eigenvalue weighted by Gasteiger charge is -2.27. The Bertz CT molecular complexity index is 417. The van der Waals surface area contributed by atoms with Gasteiger partial charge in [-0.3, -0.25) is 0 Å². The number of fused-ring (bicyclic) bond motifs is 1. The molecule has 106 valence electrons. The molecule has 0 aliphatic carbocycles. The van der Waals surface area contributed by atoms with E-state index in [-0.39, 0.29) is 18.7 Å². The molecule has 1 aliphatic rings. The Morgan fingerprint density at radius 2 is 2.21 bits per heavy atom. The molecule has 2 atom stereocenters. The smallest absolute Gasteiger partial charge is 0.126 e. The summed E-state index contributed by atoms with van der Waals surface area (Å²) < 4.78 is 5.88. The topological polar surface area (TPSA) is 41.5 Å². The molecule has 19 heavy (non-hydrogen) atoms. The van der Waals surface area contributed by atoms with Crippen LogP contribution in [0.2, 0.25) is 0 Å². The van der Waals surface area contributed by atoms with E-state index < -0.39 is 0 Å². The van der Waals surface area contributed by atoms with E-state index in [4.69, 9.17) is 4.74 Å². The molecule has 1 unspecified atom stereocenters. The van der Waals surface area contributed by atoms with E-state index in [0.717, 1.165) is 25.2 Å². The number of ether oxygens (including phenoxy) is 1. The summed E-state index contributed by atoms with van der Waals surface area (Å²) in [7, 11) is 0. The van der Waals surface area contributed by atoms with Gasteiger partial charge in [0.25, 0.3) is 0 Å². The maximum atomic E-state index is 9.51. The molecule has 0 spiro atoms. The summed E-state index contributed by atoms with van der Waals surface area (Å²) >= 11 is 0. The molecule has 1 aromatic rings. The Kier molecular flexibility index (Phi) is 4.83. The second-order valence-electron chi connectivity index (χ2n) is 5.74. The van der Waals surface area contributed by atoms with Crippen LogP contribution in [-0.2, 0) is 0 Å². The third kappa shape index (κ3) is 3.28. The fourth-order valence-electron chi connectivity index (χ4n) is 2.65. The second kappa shape index (κ2) is 6.40. The number of benzene rings is 1.